The standard InChI is InChI=1S/C26H26IN3O3S/c1-17-4-6-22(7-5-17)34(31,32)30-16-24(27)23-14-21(15-28-26(23)30)20-12-18(2)25(19(3)13-20)29-8-10-33-11-9-29/h4-7,12-16H,8-11H2,1-3H3. The van der Waals surface area contributed by atoms with Crippen molar-refractivity contribution in [2.75, 3.05) is 31.2 Å². The second-order valence-corrected chi connectivity index (χ2v) is 11.7. The molecule has 3 heterocycles. The van der Waals surface area contributed by atoms with E-state index in [0.717, 1.165) is 52.0 Å². The minimum atomic E-state index is -3.74. The minimum Gasteiger partial charge on any atom is -0.378 e. The van der Waals surface area contributed by atoms with Gasteiger partial charge in [0.05, 0.1) is 18.1 Å². The molecule has 1 fully saturated rings. The zero-order valence-electron chi connectivity index (χ0n) is 19.4. The summed E-state index contributed by atoms with van der Waals surface area (Å²) in [5.41, 5.74) is 7.19. The van der Waals surface area contributed by atoms with Crippen LogP contribution in [0.1, 0.15) is 16.7 Å². The van der Waals surface area contributed by atoms with Gasteiger partial charge in [0.15, 0.2) is 5.65 Å². The second kappa shape index (κ2) is 8.98. The van der Waals surface area contributed by atoms with Gasteiger partial charge in [-0.2, -0.15) is 0 Å². The van der Waals surface area contributed by atoms with E-state index in [1.807, 2.05) is 13.0 Å². The van der Waals surface area contributed by atoms with Gasteiger partial charge in [0.25, 0.3) is 10.0 Å². The van der Waals surface area contributed by atoms with E-state index in [1.54, 1.807) is 36.7 Å². The third-order valence-corrected chi connectivity index (χ3v) is 8.82. The van der Waals surface area contributed by atoms with Crippen molar-refractivity contribution in [2.24, 2.45) is 0 Å². The third kappa shape index (κ3) is 4.12. The Balaban J connectivity index is 1.56. The first-order valence-electron chi connectivity index (χ1n) is 11.2. The van der Waals surface area contributed by atoms with Crippen molar-refractivity contribution in [3.8, 4) is 11.1 Å². The number of rotatable bonds is 4. The maximum absolute atomic E-state index is 13.3. The highest BCUT2D eigenvalue weighted by atomic mass is 127. The Bertz CT molecular complexity index is 1470. The van der Waals surface area contributed by atoms with Crippen LogP contribution in [-0.2, 0) is 14.8 Å². The van der Waals surface area contributed by atoms with E-state index in [4.69, 9.17) is 4.74 Å². The molecule has 0 bridgehead atoms. The molecule has 0 N–H and O–H groups in total. The number of hydrogen-bond donors (Lipinski definition) is 0. The number of ether oxygens (including phenoxy) is 1. The van der Waals surface area contributed by atoms with Crippen LogP contribution >= 0.6 is 22.6 Å². The molecule has 1 aliphatic heterocycles. The van der Waals surface area contributed by atoms with Crippen molar-refractivity contribution in [3.63, 3.8) is 0 Å². The van der Waals surface area contributed by atoms with E-state index in [2.05, 4.69) is 58.5 Å². The first-order valence-corrected chi connectivity index (χ1v) is 13.7. The number of nitrogens with zero attached hydrogens (tertiary/aromatic N) is 3. The summed E-state index contributed by atoms with van der Waals surface area (Å²) >= 11 is 2.18. The van der Waals surface area contributed by atoms with Crippen LogP contribution < -0.4 is 4.90 Å². The number of aromatic nitrogens is 2. The largest absolute Gasteiger partial charge is 0.378 e. The van der Waals surface area contributed by atoms with Crippen LogP contribution in [0.25, 0.3) is 22.2 Å². The number of fused-ring (bicyclic) bond motifs is 1. The minimum absolute atomic E-state index is 0.252. The van der Waals surface area contributed by atoms with Crippen molar-refractivity contribution in [1.82, 2.24) is 8.96 Å². The molecule has 0 aliphatic carbocycles. The zero-order valence-corrected chi connectivity index (χ0v) is 22.4. The van der Waals surface area contributed by atoms with Crippen LogP contribution in [0.5, 0.6) is 0 Å². The summed E-state index contributed by atoms with van der Waals surface area (Å²) in [6.07, 6.45) is 3.41. The lowest BCUT2D eigenvalue weighted by Crippen LogP contribution is -2.37. The Kier molecular flexibility index (Phi) is 6.16. The molecule has 5 rings (SSSR count). The van der Waals surface area contributed by atoms with E-state index < -0.39 is 10.0 Å². The van der Waals surface area contributed by atoms with E-state index in [1.165, 1.54) is 20.8 Å². The van der Waals surface area contributed by atoms with Gasteiger partial charge in [-0.15, -0.1) is 0 Å². The molecule has 1 saturated heterocycles. The second-order valence-electron chi connectivity index (χ2n) is 8.74. The lowest BCUT2D eigenvalue weighted by atomic mass is 9.98. The normalized spacial score (nSPS) is 14.6. The van der Waals surface area contributed by atoms with Gasteiger partial charge in [0, 0.05) is 45.7 Å². The predicted molar refractivity (Wildman–Crippen MR) is 144 cm³/mol. The van der Waals surface area contributed by atoms with E-state index in [0.29, 0.717) is 5.65 Å². The summed E-state index contributed by atoms with van der Waals surface area (Å²) in [5, 5.41) is 0.821. The number of aryl methyl sites for hydroxylation is 3. The van der Waals surface area contributed by atoms with Gasteiger partial charge < -0.3 is 9.64 Å². The Morgan fingerprint density at radius 1 is 0.941 bits per heavy atom. The molecule has 8 heteroatoms. The Hall–Kier alpha value is -2.43. The van der Waals surface area contributed by atoms with Crippen molar-refractivity contribution >= 4 is 49.3 Å². The third-order valence-electron chi connectivity index (χ3n) is 6.29. The smallest absolute Gasteiger partial charge is 0.269 e. The fourth-order valence-electron chi connectivity index (χ4n) is 4.62. The van der Waals surface area contributed by atoms with Crippen LogP contribution in [-0.4, -0.2) is 43.7 Å². The molecule has 4 aromatic rings. The topological polar surface area (TPSA) is 64.4 Å². The zero-order chi connectivity index (χ0) is 24.0. The molecule has 6 nitrogen and oxygen atoms in total. The van der Waals surface area contributed by atoms with Crippen molar-refractivity contribution < 1.29 is 13.2 Å². The van der Waals surface area contributed by atoms with E-state index in [-0.39, 0.29) is 4.90 Å². The van der Waals surface area contributed by atoms with Gasteiger partial charge in [-0.25, -0.2) is 17.4 Å². The summed E-state index contributed by atoms with van der Waals surface area (Å²) in [6, 6.07) is 13.3. The molecule has 1 aliphatic rings. The average Bonchev–Trinajstić information content (AvgIpc) is 3.16. The SMILES string of the molecule is Cc1ccc(S(=O)(=O)n2cc(I)c3cc(-c4cc(C)c(N5CCOCC5)c(C)c4)cnc32)cc1. The Labute approximate surface area is 213 Å². The molecular formula is C26H26IN3O3S. The summed E-state index contributed by atoms with van der Waals surface area (Å²) in [7, 11) is -3.74. The number of benzene rings is 2. The summed E-state index contributed by atoms with van der Waals surface area (Å²) in [6.45, 7) is 9.52. The number of pyridine rings is 1. The van der Waals surface area contributed by atoms with Crippen LogP contribution in [0.2, 0.25) is 0 Å². The van der Waals surface area contributed by atoms with Gasteiger partial charge >= 0.3 is 0 Å². The quantitative estimate of drug-likeness (QED) is 0.303. The first kappa shape index (κ1) is 23.3. The van der Waals surface area contributed by atoms with E-state index >= 15 is 0 Å². The molecule has 0 atom stereocenters. The summed E-state index contributed by atoms with van der Waals surface area (Å²) < 4.78 is 34.3. The highest BCUT2D eigenvalue weighted by molar-refractivity contribution is 14.1. The lowest BCUT2D eigenvalue weighted by molar-refractivity contribution is 0.122. The first-order chi connectivity index (χ1) is 16.3. The summed E-state index contributed by atoms with van der Waals surface area (Å²) in [5.74, 6) is 0. The van der Waals surface area contributed by atoms with Crippen LogP contribution in [0, 0.1) is 24.3 Å². The molecule has 0 amide bonds. The maximum atomic E-state index is 13.3. The van der Waals surface area contributed by atoms with Gasteiger partial charge in [-0.05, 0) is 90.4 Å². The molecular weight excluding hydrogens is 561 g/mol. The van der Waals surface area contributed by atoms with Crippen LogP contribution in [0.3, 0.4) is 0 Å². The highest BCUT2D eigenvalue weighted by Crippen LogP contribution is 2.34. The molecule has 176 valence electrons. The van der Waals surface area contributed by atoms with Crippen LogP contribution in [0.15, 0.2) is 59.8 Å². The fraction of sp³-hybridized carbons (Fsp3) is 0.269. The van der Waals surface area contributed by atoms with Crippen LogP contribution in [0.4, 0.5) is 5.69 Å². The predicted octanol–water partition coefficient (Wildman–Crippen LogP) is 5.31. The highest BCUT2D eigenvalue weighted by Gasteiger charge is 2.22. The number of halogens is 1. The summed E-state index contributed by atoms with van der Waals surface area (Å²) in [4.78, 5) is 7.25. The molecule has 2 aromatic carbocycles. The number of hydrogen-bond acceptors (Lipinski definition) is 5. The molecule has 0 spiro atoms. The van der Waals surface area contributed by atoms with E-state index in [9.17, 15) is 8.42 Å². The molecule has 34 heavy (non-hydrogen) atoms. The average molecular weight is 587 g/mol. The van der Waals surface area contributed by atoms with Gasteiger partial charge in [0.1, 0.15) is 0 Å². The monoisotopic (exact) mass is 587 g/mol. The van der Waals surface area contributed by atoms with Crippen molar-refractivity contribution in [1.29, 1.82) is 0 Å². The fourth-order valence-corrected chi connectivity index (χ4v) is 6.80. The van der Waals surface area contributed by atoms with Crippen molar-refractivity contribution in [3.05, 3.63) is 75.1 Å². The molecule has 0 radical (unpaired) electrons. The molecule has 2 aromatic heterocycles. The molecule has 0 unspecified atom stereocenters. The van der Waals surface area contributed by atoms with Gasteiger partial charge in [-0.3, -0.25) is 0 Å². The number of morpholine rings is 1. The van der Waals surface area contributed by atoms with Crippen molar-refractivity contribution in [2.45, 2.75) is 25.7 Å². The maximum Gasteiger partial charge on any atom is 0.269 e. The van der Waals surface area contributed by atoms with Gasteiger partial charge in [-0.1, -0.05) is 17.7 Å². The number of anilines is 1. The lowest BCUT2D eigenvalue weighted by Gasteiger charge is -2.31. The Morgan fingerprint density at radius 3 is 2.24 bits per heavy atom. The Morgan fingerprint density at radius 2 is 1.59 bits per heavy atom. The molecule has 0 saturated carbocycles. The van der Waals surface area contributed by atoms with Gasteiger partial charge in [0.2, 0.25) is 0 Å².